The molecule has 0 spiro atoms. The minimum absolute atomic E-state index is 0.287. The van der Waals surface area contributed by atoms with Crippen LogP contribution in [0.4, 0.5) is 8.78 Å². The second-order valence-corrected chi connectivity index (χ2v) is 4.86. The lowest BCUT2D eigenvalue weighted by Gasteiger charge is -2.24. The summed E-state index contributed by atoms with van der Waals surface area (Å²) in [6.07, 6.45) is -0.417. The van der Waals surface area contributed by atoms with Crippen molar-refractivity contribution in [2.24, 2.45) is 5.73 Å². The first kappa shape index (κ1) is 14.5. The second kappa shape index (κ2) is 6.01. The maximum atomic E-state index is 13.1. The van der Waals surface area contributed by atoms with Crippen molar-refractivity contribution in [1.29, 1.82) is 0 Å². The highest BCUT2D eigenvalue weighted by Gasteiger charge is 2.19. The molecule has 0 heterocycles. The highest BCUT2D eigenvalue weighted by atomic mass is 19.1. The van der Waals surface area contributed by atoms with Gasteiger partial charge in [-0.3, -0.25) is 0 Å². The maximum Gasteiger partial charge on any atom is 0.138 e. The molecule has 4 heteroatoms. The van der Waals surface area contributed by atoms with Crippen LogP contribution < -0.4 is 10.5 Å². The van der Waals surface area contributed by atoms with Gasteiger partial charge in [0.25, 0.3) is 0 Å². The summed E-state index contributed by atoms with van der Waals surface area (Å²) in [7, 11) is 0. The van der Waals surface area contributed by atoms with E-state index in [1.807, 2.05) is 6.92 Å². The van der Waals surface area contributed by atoms with E-state index in [2.05, 4.69) is 0 Å². The number of nitrogens with two attached hydrogens (primary N) is 1. The van der Waals surface area contributed by atoms with Gasteiger partial charge >= 0.3 is 0 Å². The van der Waals surface area contributed by atoms with Gasteiger partial charge in [-0.2, -0.15) is 0 Å². The zero-order valence-corrected chi connectivity index (χ0v) is 11.4. The summed E-state index contributed by atoms with van der Waals surface area (Å²) < 4.78 is 31.9. The number of benzene rings is 2. The van der Waals surface area contributed by atoms with Gasteiger partial charge in [-0.05, 0) is 55.3 Å². The molecule has 0 bridgehead atoms. The summed E-state index contributed by atoms with van der Waals surface area (Å²) in [5, 5.41) is 0. The van der Waals surface area contributed by atoms with Crippen LogP contribution in [-0.4, -0.2) is 6.04 Å². The molecule has 0 aliphatic carbocycles. The van der Waals surface area contributed by atoms with Crippen molar-refractivity contribution in [1.82, 2.24) is 0 Å². The summed E-state index contributed by atoms with van der Waals surface area (Å²) in [6.45, 7) is 3.58. The Kier molecular flexibility index (Phi) is 4.35. The molecule has 2 nitrogen and oxygen atoms in total. The number of hydrogen-bond donors (Lipinski definition) is 1. The first-order valence-electron chi connectivity index (χ1n) is 6.41. The molecule has 106 valence electrons. The summed E-state index contributed by atoms with van der Waals surface area (Å²) >= 11 is 0. The van der Waals surface area contributed by atoms with Gasteiger partial charge in [-0.25, -0.2) is 8.78 Å². The minimum atomic E-state index is -0.417. The standard InChI is InChI=1S/C16H17F2NO/c1-10-9-14(18)7-8-15(10)20-16(11(2)19)12-3-5-13(17)6-4-12/h3-9,11,16H,19H2,1-2H3. The van der Waals surface area contributed by atoms with Crippen LogP contribution in [0.5, 0.6) is 5.75 Å². The molecule has 0 aliphatic rings. The molecule has 2 aromatic rings. The van der Waals surface area contributed by atoms with E-state index in [4.69, 9.17) is 10.5 Å². The lowest BCUT2D eigenvalue weighted by molar-refractivity contribution is 0.179. The second-order valence-electron chi connectivity index (χ2n) is 4.86. The zero-order valence-electron chi connectivity index (χ0n) is 11.4. The van der Waals surface area contributed by atoms with Crippen LogP contribution in [0.2, 0.25) is 0 Å². The van der Waals surface area contributed by atoms with Gasteiger partial charge in [0, 0.05) is 6.04 Å². The Labute approximate surface area is 117 Å². The molecular formula is C16H17F2NO. The van der Waals surface area contributed by atoms with E-state index in [0.29, 0.717) is 11.3 Å². The van der Waals surface area contributed by atoms with Crippen molar-refractivity contribution < 1.29 is 13.5 Å². The Morgan fingerprint density at radius 2 is 1.60 bits per heavy atom. The minimum Gasteiger partial charge on any atom is -0.484 e. The third-order valence-corrected chi connectivity index (χ3v) is 3.07. The predicted molar refractivity (Wildman–Crippen MR) is 74.6 cm³/mol. The molecule has 0 radical (unpaired) electrons. The number of rotatable bonds is 4. The monoisotopic (exact) mass is 277 g/mol. The largest absolute Gasteiger partial charge is 0.484 e. The third-order valence-electron chi connectivity index (χ3n) is 3.07. The van der Waals surface area contributed by atoms with E-state index >= 15 is 0 Å². The van der Waals surface area contributed by atoms with E-state index in [1.54, 1.807) is 25.1 Å². The predicted octanol–water partition coefficient (Wildman–Crippen LogP) is 3.74. The quantitative estimate of drug-likeness (QED) is 0.924. The van der Waals surface area contributed by atoms with Gasteiger partial charge in [0.2, 0.25) is 0 Å². The zero-order chi connectivity index (χ0) is 14.7. The Morgan fingerprint density at radius 3 is 2.15 bits per heavy atom. The molecular weight excluding hydrogens is 260 g/mol. The van der Waals surface area contributed by atoms with Gasteiger partial charge in [0.15, 0.2) is 0 Å². The molecule has 0 aliphatic heterocycles. The normalized spacial score (nSPS) is 13.8. The molecule has 20 heavy (non-hydrogen) atoms. The van der Waals surface area contributed by atoms with E-state index in [-0.39, 0.29) is 17.7 Å². The fourth-order valence-corrected chi connectivity index (χ4v) is 2.01. The highest BCUT2D eigenvalue weighted by molar-refractivity contribution is 5.34. The van der Waals surface area contributed by atoms with E-state index in [0.717, 1.165) is 5.56 Å². The van der Waals surface area contributed by atoms with Crippen LogP contribution in [0.25, 0.3) is 0 Å². The van der Waals surface area contributed by atoms with Crippen molar-refractivity contribution in [3.63, 3.8) is 0 Å². The molecule has 2 aromatic carbocycles. The van der Waals surface area contributed by atoms with E-state index in [1.165, 1.54) is 24.3 Å². The van der Waals surface area contributed by atoms with E-state index < -0.39 is 6.10 Å². The van der Waals surface area contributed by atoms with Crippen molar-refractivity contribution >= 4 is 0 Å². The molecule has 2 unspecified atom stereocenters. The molecule has 2 N–H and O–H groups in total. The fraction of sp³-hybridized carbons (Fsp3) is 0.250. The molecule has 0 saturated heterocycles. The summed E-state index contributed by atoms with van der Waals surface area (Å²) in [4.78, 5) is 0. The molecule has 0 saturated carbocycles. The van der Waals surface area contributed by atoms with Crippen LogP contribution >= 0.6 is 0 Å². The number of aryl methyl sites for hydroxylation is 1. The third kappa shape index (κ3) is 3.33. The smallest absolute Gasteiger partial charge is 0.138 e. The highest BCUT2D eigenvalue weighted by Crippen LogP contribution is 2.27. The first-order chi connectivity index (χ1) is 9.47. The summed E-state index contributed by atoms with van der Waals surface area (Å²) in [5.41, 5.74) is 7.42. The molecule has 0 amide bonds. The van der Waals surface area contributed by atoms with Gasteiger partial charge in [-0.15, -0.1) is 0 Å². The van der Waals surface area contributed by atoms with Gasteiger partial charge in [-0.1, -0.05) is 12.1 Å². The Bertz CT molecular complexity index is 582. The van der Waals surface area contributed by atoms with Crippen LogP contribution in [-0.2, 0) is 0 Å². The topological polar surface area (TPSA) is 35.2 Å². The molecule has 0 aromatic heterocycles. The van der Waals surface area contributed by atoms with Crippen molar-refractivity contribution in [3.05, 3.63) is 65.2 Å². The summed E-state index contributed by atoms with van der Waals surface area (Å²) in [6, 6.07) is 10.0. The maximum absolute atomic E-state index is 13.1. The molecule has 0 fully saturated rings. The lowest BCUT2D eigenvalue weighted by atomic mass is 10.0. The first-order valence-corrected chi connectivity index (χ1v) is 6.41. The van der Waals surface area contributed by atoms with E-state index in [9.17, 15) is 8.78 Å². The van der Waals surface area contributed by atoms with Crippen LogP contribution in [0, 0.1) is 18.6 Å². The summed E-state index contributed by atoms with van der Waals surface area (Å²) in [5.74, 6) is -0.0536. The van der Waals surface area contributed by atoms with Crippen LogP contribution in [0.15, 0.2) is 42.5 Å². The molecule has 2 atom stereocenters. The number of halogens is 2. The van der Waals surface area contributed by atoms with Crippen LogP contribution in [0.1, 0.15) is 24.2 Å². The fourth-order valence-electron chi connectivity index (χ4n) is 2.01. The van der Waals surface area contributed by atoms with Gasteiger partial charge < -0.3 is 10.5 Å². The van der Waals surface area contributed by atoms with Crippen molar-refractivity contribution in [3.8, 4) is 5.75 Å². The van der Waals surface area contributed by atoms with Crippen LogP contribution in [0.3, 0.4) is 0 Å². The van der Waals surface area contributed by atoms with Crippen molar-refractivity contribution in [2.75, 3.05) is 0 Å². The van der Waals surface area contributed by atoms with Gasteiger partial charge in [0.1, 0.15) is 23.5 Å². The Balaban J connectivity index is 2.28. The average molecular weight is 277 g/mol. The van der Waals surface area contributed by atoms with Gasteiger partial charge in [0.05, 0.1) is 0 Å². The lowest BCUT2D eigenvalue weighted by Crippen LogP contribution is -2.29. The average Bonchev–Trinajstić information content (AvgIpc) is 2.39. The molecule has 2 rings (SSSR count). The van der Waals surface area contributed by atoms with Crippen molar-refractivity contribution in [2.45, 2.75) is 26.0 Å². The number of hydrogen-bond acceptors (Lipinski definition) is 2. The SMILES string of the molecule is Cc1cc(F)ccc1OC(c1ccc(F)cc1)C(C)N. The Morgan fingerprint density at radius 1 is 1.00 bits per heavy atom. The Hall–Kier alpha value is -1.94. The number of ether oxygens (including phenoxy) is 1.